The number of piperidine rings is 1. The molecule has 288 valence electrons. The van der Waals surface area contributed by atoms with Crippen molar-refractivity contribution in [2.75, 3.05) is 62.6 Å². The highest BCUT2D eigenvalue weighted by Gasteiger charge is 2.21. The van der Waals surface area contributed by atoms with Gasteiger partial charge in [-0.3, -0.25) is 4.79 Å². The van der Waals surface area contributed by atoms with Crippen LogP contribution in [0.5, 0.6) is 23.1 Å². The van der Waals surface area contributed by atoms with Crippen molar-refractivity contribution in [3.63, 3.8) is 0 Å². The molecule has 1 fully saturated rings. The SMILES string of the molecule is COc1cc(Nc2nccc(Oc3ccc(NC(=O)Nc4cc(C(C)(C)C)cc(N)c4OC)c4ccccc34)n2)ccc1C(=O)NCCC1CCN(C)CC1. The van der Waals surface area contributed by atoms with E-state index in [1.54, 1.807) is 42.6 Å². The molecule has 6 rings (SSSR count). The molecular formula is C42H50N8O5. The molecule has 0 spiro atoms. The number of carbonyl (C=O) groups excluding carboxylic acids is 2. The molecule has 55 heavy (non-hydrogen) atoms. The molecule has 6 N–H and O–H groups in total. The number of rotatable bonds is 12. The Morgan fingerprint density at radius 1 is 0.891 bits per heavy atom. The highest BCUT2D eigenvalue weighted by atomic mass is 16.5. The number of ether oxygens (including phenoxy) is 3. The number of nitrogens with one attached hydrogen (secondary N) is 4. The van der Waals surface area contributed by atoms with Gasteiger partial charge in [-0.15, -0.1) is 0 Å². The summed E-state index contributed by atoms with van der Waals surface area (Å²) in [6.07, 6.45) is 4.87. The van der Waals surface area contributed by atoms with Crippen LogP contribution in [0.2, 0.25) is 0 Å². The molecule has 0 saturated carbocycles. The maximum atomic E-state index is 13.3. The Hall–Kier alpha value is -6.08. The zero-order valence-electron chi connectivity index (χ0n) is 32.3. The Morgan fingerprint density at radius 2 is 1.64 bits per heavy atom. The Balaban J connectivity index is 1.12. The number of urea groups is 1. The maximum Gasteiger partial charge on any atom is 0.323 e. The molecular weight excluding hydrogens is 697 g/mol. The number of anilines is 5. The lowest BCUT2D eigenvalue weighted by atomic mass is 9.86. The van der Waals surface area contributed by atoms with Crippen LogP contribution in [-0.2, 0) is 5.41 Å². The van der Waals surface area contributed by atoms with Gasteiger partial charge in [0.2, 0.25) is 11.8 Å². The summed E-state index contributed by atoms with van der Waals surface area (Å²) in [7, 11) is 5.20. The van der Waals surface area contributed by atoms with Crippen LogP contribution >= 0.6 is 0 Å². The van der Waals surface area contributed by atoms with Gasteiger partial charge >= 0.3 is 6.03 Å². The molecule has 2 heterocycles. The Labute approximate surface area is 322 Å². The molecule has 0 radical (unpaired) electrons. The average molecular weight is 747 g/mol. The zero-order valence-corrected chi connectivity index (χ0v) is 32.3. The van der Waals surface area contributed by atoms with E-state index in [1.165, 1.54) is 14.2 Å². The molecule has 0 unspecified atom stereocenters. The topological polar surface area (TPSA) is 165 Å². The van der Waals surface area contributed by atoms with E-state index >= 15 is 0 Å². The minimum Gasteiger partial charge on any atom is -0.496 e. The minimum atomic E-state index is -0.456. The summed E-state index contributed by atoms with van der Waals surface area (Å²) in [5, 5.41) is 13.6. The van der Waals surface area contributed by atoms with Crippen molar-refractivity contribution >= 4 is 51.4 Å². The van der Waals surface area contributed by atoms with Gasteiger partial charge in [0.15, 0.2) is 5.75 Å². The van der Waals surface area contributed by atoms with Crippen LogP contribution < -0.4 is 41.2 Å². The van der Waals surface area contributed by atoms with Gasteiger partial charge in [-0.05, 0) is 92.7 Å². The number of aromatic nitrogens is 2. The number of methoxy groups -OCH3 is 2. The number of nitrogens with two attached hydrogens (primary N) is 1. The summed E-state index contributed by atoms with van der Waals surface area (Å²) in [6, 6.07) is 21.3. The molecule has 0 atom stereocenters. The van der Waals surface area contributed by atoms with Gasteiger partial charge < -0.3 is 46.1 Å². The van der Waals surface area contributed by atoms with Gasteiger partial charge in [-0.25, -0.2) is 9.78 Å². The van der Waals surface area contributed by atoms with E-state index in [1.807, 2.05) is 36.4 Å². The normalized spacial score (nSPS) is 13.6. The van der Waals surface area contributed by atoms with E-state index in [4.69, 9.17) is 19.9 Å². The first-order valence-corrected chi connectivity index (χ1v) is 18.4. The monoisotopic (exact) mass is 746 g/mol. The molecule has 1 aliphatic heterocycles. The lowest BCUT2D eigenvalue weighted by Crippen LogP contribution is -2.32. The van der Waals surface area contributed by atoms with Crippen LogP contribution in [0.15, 0.2) is 79.0 Å². The highest BCUT2D eigenvalue weighted by molar-refractivity contribution is 6.08. The second-order valence-electron chi connectivity index (χ2n) is 14.8. The van der Waals surface area contributed by atoms with E-state index < -0.39 is 6.03 Å². The van der Waals surface area contributed by atoms with E-state index in [0.29, 0.717) is 69.9 Å². The number of hydrogen-bond acceptors (Lipinski definition) is 10. The summed E-state index contributed by atoms with van der Waals surface area (Å²) in [5.41, 5.74) is 9.62. The number of nitrogen functional groups attached to an aromatic ring is 1. The van der Waals surface area contributed by atoms with Crippen LogP contribution in [0.1, 0.15) is 56.0 Å². The summed E-state index contributed by atoms with van der Waals surface area (Å²) >= 11 is 0. The van der Waals surface area contributed by atoms with Crippen LogP contribution in [0, 0.1) is 5.92 Å². The van der Waals surface area contributed by atoms with Crippen molar-refractivity contribution in [2.24, 2.45) is 5.92 Å². The zero-order chi connectivity index (χ0) is 39.1. The van der Waals surface area contributed by atoms with Crippen molar-refractivity contribution in [3.8, 4) is 23.1 Å². The first-order valence-electron chi connectivity index (χ1n) is 18.4. The van der Waals surface area contributed by atoms with E-state index in [9.17, 15) is 9.59 Å². The van der Waals surface area contributed by atoms with Gasteiger partial charge in [0, 0.05) is 41.3 Å². The van der Waals surface area contributed by atoms with Crippen molar-refractivity contribution < 1.29 is 23.8 Å². The minimum absolute atomic E-state index is 0.173. The van der Waals surface area contributed by atoms with Crippen molar-refractivity contribution in [3.05, 3.63) is 90.1 Å². The summed E-state index contributed by atoms with van der Waals surface area (Å²) < 4.78 is 17.4. The average Bonchev–Trinajstić information content (AvgIpc) is 3.16. The number of benzene rings is 4. The fraction of sp³-hybridized carbons (Fsp3) is 0.333. The molecule has 0 aliphatic carbocycles. The van der Waals surface area contributed by atoms with Crippen LogP contribution in [0.3, 0.4) is 0 Å². The lowest BCUT2D eigenvalue weighted by Gasteiger charge is -2.28. The fourth-order valence-corrected chi connectivity index (χ4v) is 6.64. The second kappa shape index (κ2) is 16.9. The Kier molecular flexibility index (Phi) is 11.9. The molecule has 13 nitrogen and oxygen atoms in total. The predicted octanol–water partition coefficient (Wildman–Crippen LogP) is 8.17. The molecule has 13 heteroatoms. The molecule has 1 saturated heterocycles. The summed E-state index contributed by atoms with van der Waals surface area (Å²) in [6.45, 7) is 9.05. The first-order chi connectivity index (χ1) is 26.4. The van der Waals surface area contributed by atoms with E-state index in [-0.39, 0.29) is 11.3 Å². The summed E-state index contributed by atoms with van der Waals surface area (Å²) in [4.78, 5) is 37.6. The molecule has 5 aromatic rings. The molecule has 1 aliphatic rings. The maximum absolute atomic E-state index is 13.3. The van der Waals surface area contributed by atoms with Gasteiger partial charge in [-0.2, -0.15) is 4.98 Å². The second-order valence-corrected chi connectivity index (χ2v) is 14.8. The van der Waals surface area contributed by atoms with Gasteiger partial charge in [0.05, 0.1) is 36.8 Å². The summed E-state index contributed by atoms with van der Waals surface area (Å²) in [5.74, 6) is 2.41. The fourth-order valence-electron chi connectivity index (χ4n) is 6.64. The largest absolute Gasteiger partial charge is 0.496 e. The smallest absolute Gasteiger partial charge is 0.323 e. The van der Waals surface area contributed by atoms with Crippen molar-refractivity contribution in [2.45, 2.75) is 45.4 Å². The van der Waals surface area contributed by atoms with Crippen molar-refractivity contribution in [1.29, 1.82) is 0 Å². The number of carbonyl (C=O) groups is 2. The number of hydrogen-bond donors (Lipinski definition) is 5. The molecule has 0 bridgehead atoms. The molecule has 1 aromatic heterocycles. The van der Waals surface area contributed by atoms with Crippen LogP contribution in [0.4, 0.5) is 33.5 Å². The quantitative estimate of drug-likeness (QED) is 0.0787. The lowest BCUT2D eigenvalue weighted by molar-refractivity contribution is 0.0946. The van der Waals surface area contributed by atoms with Gasteiger partial charge in [0.25, 0.3) is 5.91 Å². The number of nitrogens with zero attached hydrogens (tertiary/aromatic N) is 3. The number of likely N-dealkylation sites (tertiary alicyclic amines) is 1. The standard InChI is InChI=1S/C42H50N8O5/c1-42(2,3)27-23-32(43)38(54-6)34(24-27)48-41(52)47-33-13-14-35(30-10-8-7-9-29(30)33)55-37-16-20-45-40(49-37)46-28-11-12-31(36(25-28)53-5)39(51)44-19-15-26-17-21-50(4)22-18-26/h7-14,16,20,23-26H,15,17-19,21-22,43H2,1-6H3,(H,44,51)(H,45,46,49)(H2,47,48,52). The third-order valence-corrected chi connectivity index (χ3v) is 9.79. The Bertz CT molecular complexity index is 2160. The number of amides is 3. The number of fused-ring (bicyclic) bond motifs is 1. The van der Waals surface area contributed by atoms with Crippen LogP contribution in [-0.4, -0.2) is 67.7 Å². The van der Waals surface area contributed by atoms with Crippen molar-refractivity contribution in [1.82, 2.24) is 20.2 Å². The van der Waals surface area contributed by atoms with E-state index in [0.717, 1.165) is 48.7 Å². The van der Waals surface area contributed by atoms with E-state index in [2.05, 4.69) is 64.0 Å². The van der Waals surface area contributed by atoms with Crippen LogP contribution in [0.25, 0.3) is 10.8 Å². The van der Waals surface area contributed by atoms with Gasteiger partial charge in [0.1, 0.15) is 11.5 Å². The molecule has 4 aromatic carbocycles. The third-order valence-electron chi connectivity index (χ3n) is 9.79. The molecule has 3 amide bonds. The first kappa shape index (κ1) is 38.6. The predicted molar refractivity (Wildman–Crippen MR) is 218 cm³/mol. The van der Waals surface area contributed by atoms with Gasteiger partial charge in [-0.1, -0.05) is 45.0 Å². The Morgan fingerprint density at radius 3 is 2.36 bits per heavy atom. The third kappa shape index (κ3) is 9.54. The highest BCUT2D eigenvalue weighted by Crippen LogP contribution is 2.38.